The first-order valence-corrected chi connectivity index (χ1v) is 8.87. The van der Waals surface area contributed by atoms with E-state index < -0.39 is 12.7 Å². The van der Waals surface area contributed by atoms with Crippen molar-refractivity contribution in [3.63, 3.8) is 0 Å². The quantitative estimate of drug-likeness (QED) is 0.306. The first-order valence-electron chi connectivity index (χ1n) is 8.87. The third kappa shape index (κ3) is 9.80. The van der Waals surface area contributed by atoms with Crippen LogP contribution in [0.1, 0.15) is 39.5 Å². The molecule has 1 heterocycles. The highest BCUT2D eigenvalue weighted by Crippen LogP contribution is 2.24. The summed E-state index contributed by atoms with van der Waals surface area (Å²) in [6.07, 6.45) is 3.59. The van der Waals surface area contributed by atoms with Crippen LogP contribution in [0.15, 0.2) is 17.1 Å². The Morgan fingerprint density at radius 1 is 1.25 bits per heavy atom. The number of piperidine rings is 1. The van der Waals surface area contributed by atoms with Crippen molar-refractivity contribution >= 4 is 5.96 Å². The van der Waals surface area contributed by atoms with Gasteiger partial charge in [0.25, 0.3) is 0 Å². The molecule has 0 bridgehead atoms. The van der Waals surface area contributed by atoms with Crippen LogP contribution >= 0.6 is 0 Å². The number of alkyl halides is 3. The SMILES string of the molecule is C/C=C/CCNC(=NCCC1CCN(CC(F)(F)F)CC1)NCC. The van der Waals surface area contributed by atoms with E-state index in [0.29, 0.717) is 25.6 Å². The average Bonchev–Trinajstić information content (AvgIpc) is 2.52. The maximum Gasteiger partial charge on any atom is 0.401 e. The van der Waals surface area contributed by atoms with Crippen LogP contribution in [-0.4, -0.2) is 56.3 Å². The molecule has 4 nitrogen and oxygen atoms in total. The monoisotopic (exact) mass is 348 g/mol. The molecule has 1 saturated heterocycles. The highest BCUT2D eigenvalue weighted by Gasteiger charge is 2.32. The van der Waals surface area contributed by atoms with Crippen LogP contribution in [0.25, 0.3) is 0 Å². The summed E-state index contributed by atoms with van der Waals surface area (Å²) in [6.45, 7) is 6.68. The van der Waals surface area contributed by atoms with E-state index in [1.165, 1.54) is 4.90 Å². The molecule has 1 aliphatic heterocycles. The Morgan fingerprint density at radius 2 is 1.96 bits per heavy atom. The van der Waals surface area contributed by atoms with Crippen LogP contribution in [0, 0.1) is 5.92 Å². The van der Waals surface area contributed by atoms with Gasteiger partial charge in [0.2, 0.25) is 0 Å². The van der Waals surface area contributed by atoms with E-state index in [-0.39, 0.29) is 0 Å². The fourth-order valence-electron chi connectivity index (χ4n) is 2.83. The Balaban J connectivity index is 2.26. The molecule has 2 N–H and O–H groups in total. The molecular formula is C17H31F3N4. The summed E-state index contributed by atoms with van der Waals surface area (Å²) in [4.78, 5) is 6.07. The Kier molecular flexibility index (Phi) is 9.83. The van der Waals surface area contributed by atoms with Crippen molar-refractivity contribution in [3.8, 4) is 0 Å². The number of guanidine groups is 1. The van der Waals surface area contributed by atoms with E-state index >= 15 is 0 Å². The Morgan fingerprint density at radius 3 is 2.54 bits per heavy atom. The second kappa shape index (κ2) is 11.3. The Bertz CT molecular complexity index is 386. The second-order valence-corrected chi connectivity index (χ2v) is 6.17. The maximum absolute atomic E-state index is 12.4. The number of hydrogen-bond donors (Lipinski definition) is 2. The van der Waals surface area contributed by atoms with Crippen molar-refractivity contribution in [3.05, 3.63) is 12.2 Å². The van der Waals surface area contributed by atoms with E-state index in [9.17, 15) is 13.2 Å². The molecule has 0 aromatic rings. The number of likely N-dealkylation sites (tertiary alicyclic amines) is 1. The van der Waals surface area contributed by atoms with Gasteiger partial charge in [0.1, 0.15) is 0 Å². The average molecular weight is 348 g/mol. The predicted octanol–water partition coefficient (Wildman–Crippen LogP) is 3.17. The molecule has 0 atom stereocenters. The van der Waals surface area contributed by atoms with Gasteiger partial charge < -0.3 is 10.6 Å². The molecule has 0 spiro atoms. The molecule has 0 aliphatic carbocycles. The molecule has 0 aromatic heterocycles. The minimum Gasteiger partial charge on any atom is -0.357 e. The molecule has 0 radical (unpaired) electrons. The topological polar surface area (TPSA) is 39.7 Å². The molecule has 7 heteroatoms. The summed E-state index contributed by atoms with van der Waals surface area (Å²) in [5, 5.41) is 6.49. The summed E-state index contributed by atoms with van der Waals surface area (Å²) in [5.74, 6) is 1.29. The third-order valence-corrected chi connectivity index (χ3v) is 4.10. The molecule has 0 unspecified atom stereocenters. The van der Waals surface area contributed by atoms with Gasteiger partial charge in [-0.15, -0.1) is 0 Å². The lowest BCUT2D eigenvalue weighted by atomic mass is 9.93. The molecule has 1 aliphatic rings. The summed E-state index contributed by atoms with van der Waals surface area (Å²) >= 11 is 0. The van der Waals surface area contributed by atoms with Crippen molar-refractivity contribution in [2.24, 2.45) is 10.9 Å². The number of halogens is 3. The molecule has 0 saturated carbocycles. The van der Waals surface area contributed by atoms with Gasteiger partial charge in [-0.2, -0.15) is 13.2 Å². The van der Waals surface area contributed by atoms with Crippen LogP contribution < -0.4 is 10.6 Å². The standard InChI is InChI=1S/C17H31F3N4/c1-3-5-6-10-22-16(21-4-2)23-11-7-15-8-12-24(13-9-15)14-17(18,19)20/h3,5,15H,4,6-14H2,1-2H3,(H2,21,22,23)/b5-3+. The molecular weight excluding hydrogens is 317 g/mol. The van der Waals surface area contributed by atoms with Crippen molar-refractivity contribution in [1.29, 1.82) is 0 Å². The van der Waals surface area contributed by atoms with Crippen molar-refractivity contribution < 1.29 is 13.2 Å². The van der Waals surface area contributed by atoms with Crippen molar-refractivity contribution in [2.75, 3.05) is 39.3 Å². The van der Waals surface area contributed by atoms with Gasteiger partial charge in [-0.1, -0.05) is 12.2 Å². The van der Waals surface area contributed by atoms with Crippen LogP contribution in [0.4, 0.5) is 13.2 Å². The summed E-state index contributed by atoms with van der Waals surface area (Å²) in [5.41, 5.74) is 0. The van der Waals surface area contributed by atoms with Crippen LogP contribution in [-0.2, 0) is 0 Å². The normalized spacial score (nSPS) is 18.3. The Hall–Kier alpha value is -1.24. The lowest BCUT2D eigenvalue weighted by Gasteiger charge is -2.32. The first-order chi connectivity index (χ1) is 11.4. The van der Waals surface area contributed by atoms with Crippen LogP contribution in [0.2, 0.25) is 0 Å². The third-order valence-electron chi connectivity index (χ3n) is 4.10. The number of hydrogen-bond acceptors (Lipinski definition) is 2. The van der Waals surface area contributed by atoms with Gasteiger partial charge in [0, 0.05) is 19.6 Å². The second-order valence-electron chi connectivity index (χ2n) is 6.17. The Labute approximate surface area is 143 Å². The van der Waals surface area contributed by atoms with E-state index in [2.05, 4.69) is 21.7 Å². The van der Waals surface area contributed by atoms with Gasteiger partial charge in [-0.25, -0.2) is 0 Å². The smallest absolute Gasteiger partial charge is 0.357 e. The molecule has 24 heavy (non-hydrogen) atoms. The van der Waals surface area contributed by atoms with E-state index in [1.54, 1.807) is 0 Å². The number of nitrogens with one attached hydrogen (secondary N) is 2. The van der Waals surface area contributed by atoms with E-state index in [4.69, 9.17) is 0 Å². The minimum atomic E-state index is -4.09. The predicted molar refractivity (Wildman–Crippen MR) is 93.2 cm³/mol. The van der Waals surface area contributed by atoms with Gasteiger partial charge in [-0.3, -0.25) is 9.89 Å². The largest absolute Gasteiger partial charge is 0.401 e. The summed E-state index contributed by atoms with van der Waals surface area (Å²) in [7, 11) is 0. The fraction of sp³-hybridized carbons (Fsp3) is 0.824. The minimum absolute atomic E-state index is 0.476. The highest BCUT2D eigenvalue weighted by molar-refractivity contribution is 5.79. The number of aliphatic imine (C=N–C) groups is 1. The lowest BCUT2D eigenvalue weighted by Crippen LogP contribution is -2.40. The first kappa shape index (κ1) is 20.8. The number of allylic oxidation sites excluding steroid dienone is 1. The molecule has 1 rings (SSSR count). The molecule has 0 aromatic carbocycles. The number of nitrogens with zero attached hydrogens (tertiary/aromatic N) is 2. The lowest BCUT2D eigenvalue weighted by molar-refractivity contribution is -0.148. The van der Waals surface area contributed by atoms with Gasteiger partial charge >= 0.3 is 6.18 Å². The summed E-state index contributed by atoms with van der Waals surface area (Å²) in [6, 6.07) is 0. The van der Waals surface area contributed by atoms with Gasteiger partial charge in [0.15, 0.2) is 5.96 Å². The zero-order valence-corrected chi connectivity index (χ0v) is 14.8. The van der Waals surface area contributed by atoms with Crippen LogP contribution in [0.3, 0.4) is 0 Å². The maximum atomic E-state index is 12.4. The van der Waals surface area contributed by atoms with Gasteiger partial charge in [-0.05, 0) is 58.5 Å². The van der Waals surface area contributed by atoms with Crippen molar-refractivity contribution in [2.45, 2.75) is 45.7 Å². The van der Waals surface area contributed by atoms with Crippen LogP contribution in [0.5, 0.6) is 0 Å². The molecule has 1 fully saturated rings. The van der Waals surface area contributed by atoms with E-state index in [1.807, 2.05) is 19.9 Å². The van der Waals surface area contributed by atoms with Gasteiger partial charge in [0.05, 0.1) is 6.54 Å². The van der Waals surface area contributed by atoms with Crippen molar-refractivity contribution in [1.82, 2.24) is 15.5 Å². The highest BCUT2D eigenvalue weighted by atomic mass is 19.4. The number of rotatable bonds is 8. The fourth-order valence-corrected chi connectivity index (χ4v) is 2.83. The molecule has 0 amide bonds. The zero-order valence-electron chi connectivity index (χ0n) is 14.8. The molecule has 140 valence electrons. The summed E-state index contributed by atoms with van der Waals surface area (Å²) < 4.78 is 37.1. The van der Waals surface area contributed by atoms with E-state index in [0.717, 1.165) is 44.7 Å². The zero-order chi connectivity index (χ0) is 17.8.